The lowest BCUT2D eigenvalue weighted by atomic mass is 9.94. The fraction of sp³-hybridized carbons (Fsp3) is 0.0370. The van der Waals surface area contributed by atoms with Crippen molar-refractivity contribution in [3.05, 3.63) is 114 Å². The Morgan fingerprint density at radius 3 is 2.53 bits per heavy atom. The molecule has 0 radical (unpaired) electrons. The minimum Gasteiger partial charge on any atom is -0.503 e. The topological polar surface area (TPSA) is 86.5 Å². The lowest BCUT2D eigenvalue weighted by molar-refractivity contribution is -0.117. The molecule has 1 atom stereocenters. The number of halogens is 1. The van der Waals surface area contributed by atoms with Crippen LogP contribution in [0.4, 0.5) is 10.1 Å². The van der Waals surface area contributed by atoms with Crippen molar-refractivity contribution in [2.45, 2.75) is 6.04 Å². The van der Waals surface area contributed by atoms with Crippen LogP contribution in [0.5, 0.6) is 0 Å². The van der Waals surface area contributed by atoms with Gasteiger partial charge in [0.15, 0.2) is 11.5 Å². The Morgan fingerprint density at radius 1 is 1.00 bits per heavy atom. The fourth-order valence-corrected chi connectivity index (χ4v) is 4.55. The number of nitrogens with one attached hydrogen (secondary N) is 1. The molecule has 3 heterocycles. The van der Waals surface area contributed by atoms with Crippen molar-refractivity contribution in [2.75, 3.05) is 4.90 Å². The van der Waals surface area contributed by atoms with Crippen LogP contribution in [0, 0.1) is 5.82 Å². The molecule has 1 aliphatic heterocycles. The van der Waals surface area contributed by atoms with Crippen LogP contribution in [0.1, 0.15) is 22.2 Å². The lowest BCUT2D eigenvalue weighted by Crippen LogP contribution is -2.31. The van der Waals surface area contributed by atoms with Gasteiger partial charge in [-0.15, -0.1) is 0 Å². The van der Waals surface area contributed by atoms with Crippen LogP contribution in [0.3, 0.4) is 0 Å². The minimum absolute atomic E-state index is 0.0151. The van der Waals surface area contributed by atoms with Gasteiger partial charge in [0.25, 0.3) is 5.91 Å². The summed E-state index contributed by atoms with van der Waals surface area (Å²) >= 11 is 0. The van der Waals surface area contributed by atoms with Gasteiger partial charge in [-0.3, -0.25) is 14.5 Å². The first kappa shape index (κ1) is 20.0. The Balaban J connectivity index is 1.55. The molecule has 34 heavy (non-hydrogen) atoms. The van der Waals surface area contributed by atoms with Gasteiger partial charge in [0.2, 0.25) is 5.78 Å². The summed E-state index contributed by atoms with van der Waals surface area (Å²) in [6, 6.07) is 20.6. The number of benzene rings is 3. The van der Waals surface area contributed by atoms with Crippen molar-refractivity contribution < 1.29 is 23.5 Å². The number of carbonyl (C=O) groups is 2. The highest BCUT2D eigenvalue weighted by atomic mass is 19.1. The van der Waals surface area contributed by atoms with Gasteiger partial charge in [-0.1, -0.05) is 36.4 Å². The van der Waals surface area contributed by atoms with E-state index in [4.69, 9.17) is 4.42 Å². The SMILES string of the molecule is O=C(C1=C(O)C(=O)N(c2ccc(F)cc2)C1c1c[nH]c2ccccc12)c1cc2ccccc2o1. The number of aliphatic hydroxyl groups is 1. The molecular weight excluding hydrogens is 435 g/mol. The number of anilines is 1. The summed E-state index contributed by atoms with van der Waals surface area (Å²) < 4.78 is 19.4. The molecule has 1 amide bonds. The van der Waals surface area contributed by atoms with Gasteiger partial charge in [0.1, 0.15) is 11.4 Å². The Kier molecular flexibility index (Phi) is 4.38. The number of ketones is 1. The van der Waals surface area contributed by atoms with E-state index in [9.17, 15) is 19.1 Å². The highest BCUT2D eigenvalue weighted by Crippen LogP contribution is 2.44. The number of nitrogens with zero attached hydrogens (tertiary/aromatic N) is 1. The maximum absolute atomic E-state index is 13.7. The van der Waals surface area contributed by atoms with Crippen LogP contribution in [-0.2, 0) is 4.79 Å². The second-order valence-corrected chi connectivity index (χ2v) is 8.08. The van der Waals surface area contributed by atoms with Gasteiger partial charge < -0.3 is 14.5 Å². The summed E-state index contributed by atoms with van der Waals surface area (Å²) in [5.74, 6) is -2.45. The number of para-hydroxylation sites is 2. The molecule has 6 rings (SSSR count). The summed E-state index contributed by atoms with van der Waals surface area (Å²) in [6.07, 6.45) is 1.71. The van der Waals surface area contributed by atoms with Crippen molar-refractivity contribution in [2.24, 2.45) is 0 Å². The first-order chi connectivity index (χ1) is 16.5. The largest absolute Gasteiger partial charge is 0.503 e. The molecule has 0 bridgehead atoms. The number of Topliss-reactive ketones (excluding diaryl/α,β-unsaturated/α-hetero) is 1. The van der Waals surface area contributed by atoms with Gasteiger partial charge in [-0.05, 0) is 42.5 Å². The number of aromatic nitrogens is 1. The third-order valence-corrected chi connectivity index (χ3v) is 6.12. The van der Waals surface area contributed by atoms with Crippen LogP contribution in [0.25, 0.3) is 21.9 Å². The van der Waals surface area contributed by atoms with Crippen molar-refractivity contribution in [3.63, 3.8) is 0 Å². The molecule has 2 N–H and O–H groups in total. The van der Waals surface area contributed by atoms with Crippen LogP contribution in [0.2, 0.25) is 0 Å². The third-order valence-electron chi connectivity index (χ3n) is 6.12. The number of rotatable bonds is 4. The van der Waals surface area contributed by atoms with E-state index in [1.807, 2.05) is 36.4 Å². The van der Waals surface area contributed by atoms with E-state index >= 15 is 0 Å². The number of hydrogen-bond donors (Lipinski definition) is 2. The molecule has 1 aliphatic rings. The number of aromatic amines is 1. The molecule has 6 nitrogen and oxygen atoms in total. The van der Waals surface area contributed by atoms with Crippen molar-refractivity contribution >= 4 is 39.2 Å². The van der Waals surface area contributed by atoms with E-state index in [0.29, 0.717) is 16.8 Å². The monoisotopic (exact) mass is 452 g/mol. The standard InChI is InChI=1S/C27H17FN2O4/c28-16-9-11-17(12-10-16)30-24(19-14-29-20-7-3-2-6-18(19)20)23(26(32)27(30)33)25(31)22-13-15-5-1-4-8-21(15)34-22/h1-14,24,29,32H. The number of H-pyrrole nitrogens is 1. The van der Waals surface area contributed by atoms with E-state index in [2.05, 4.69) is 4.98 Å². The zero-order chi connectivity index (χ0) is 23.4. The van der Waals surface area contributed by atoms with Crippen LogP contribution in [-0.4, -0.2) is 21.8 Å². The van der Waals surface area contributed by atoms with E-state index in [1.165, 1.54) is 29.2 Å². The molecule has 2 aromatic heterocycles. The van der Waals surface area contributed by atoms with Crippen molar-refractivity contribution in [1.82, 2.24) is 4.98 Å². The van der Waals surface area contributed by atoms with Gasteiger partial charge >= 0.3 is 0 Å². The molecule has 0 spiro atoms. The van der Waals surface area contributed by atoms with Gasteiger partial charge in [0.05, 0.1) is 11.6 Å². The maximum atomic E-state index is 13.7. The zero-order valence-electron chi connectivity index (χ0n) is 17.7. The molecule has 7 heteroatoms. The average molecular weight is 452 g/mol. The summed E-state index contributed by atoms with van der Waals surface area (Å²) in [6.45, 7) is 0. The summed E-state index contributed by atoms with van der Waals surface area (Å²) in [5, 5.41) is 12.5. The Bertz CT molecular complexity index is 1590. The quantitative estimate of drug-likeness (QED) is 0.336. The van der Waals surface area contributed by atoms with Crippen molar-refractivity contribution in [3.8, 4) is 0 Å². The highest BCUT2D eigenvalue weighted by Gasteiger charge is 2.46. The van der Waals surface area contributed by atoms with Gasteiger partial charge in [-0.25, -0.2) is 4.39 Å². The molecule has 0 saturated heterocycles. The number of amides is 1. The second kappa shape index (κ2) is 7.45. The summed E-state index contributed by atoms with van der Waals surface area (Å²) in [7, 11) is 0. The number of fused-ring (bicyclic) bond motifs is 2. The molecular formula is C27H17FN2O4. The third kappa shape index (κ3) is 2.94. The molecule has 0 aliphatic carbocycles. The summed E-state index contributed by atoms with van der Waals surface area (Å²) in [5.41, 5.74) is 2.20. The summed E-state index contributed by atoms with van der Waals surface area (Å²) in [4.78, 5) is 31.4. The first-order valence-corrected chi connectivity index (χ1v) is 10.6. The minimum atomic E-state index is -0.949. The average Bonchev–Trinajstić information content (AvgIpc) is 3.54. The smallest absolute Gasteiger partial charge is 0.294 e. The molecule has 5 aromatic rings. The number of carbonyl (C=O) groups excluding carboxylic acids is 2. The van der Waals surface area contributed by atoms with E-state index < -0.39 is 29.3 Å². The van der Waals surface area contributed by atoms with Gasteiger partial charge in [0, 0.05) is 33.7 Å². The van der Waals surface area contributed by atoms with Crippen LogP contribution < -0.4 is 4.90 Å². The van der Waals surface area contributed by atoms with Crippen LogP contribution >= 0.6 is 0 Å². The molecule has 1 unspecified atom stereocenters. The Hall–Kier alpha value is -4.65. The lowest BCUT2D eigenvalue weighted by Gasteiger charge is -2.26. The molecule has 0 fully saturated rings. The van der Waals surface area contributed by atoms with Crippen LogP contribution in [0.15, 0.2) is 101 Å². The number of furan rings is 1. The van der Waals surface area contributed by atoms with Gasteiger partial charge in [-0.2, -0.15) is 0 Å². The van der Waals surface area contributed by atoms with E-state index in [0.717, 1.165) is 16.3 Å². The van der Waals surface area contributed by atoms with E-state index in [1.54, 1.807) is 24.4 Å². The fourth-order valence-electron chi connectivity index (χ4n) is 4.55. The highest BCUT2D eigenvalue weighted by molar-refractivity contribution is 6.21. The number of aliphatic hydroxyl groups excluding tert-OH is 1. The molecule has 166 valence electrons. The second-order valence-electron chi connectivity index (χ2n) is 8.08. The van der Waals surface area contributed by atoms with Crippen molar-refractivity contribution in [1.29, 1.82) is 0 Å². The first-order valence-electron chi connectivity index (χ1n) is 10.6. The number of hydrogen-bond acceptors (Lipinski definition) is 4. The zero-order valence-corrected chi connectivity index (χ0v) is 17.7. The Morgan fingerprint density at radius 2 is 1.74 bits per heavy atom. The normalized spacial score (nSPS) is 16.2. The Labute approximate surface area is 192 Å². The van der Waals surface area contributed by atoms with E-state index in [-0.39, 0.29) is 11.3 Å². The maximum Gasteiger partial charge on any atom is 0.294 e. The predicted octanol–water partition coefficient (Wildman–Crippen LogP) is 5.84. The molecule has 0 saturated carbocycles. The predicted molar refractivity (Wildman–Crippen MR) is 125 cm³/mol. The molecule has 3 aromatic carbocycles.